The highest BCUT2D eigenvalue weighted by molar-refractivity contribution is 5.92. The number of benzene rings is 2. The number of carbonyl (C=O) groups excluding carboxylic acids is 2. The van der Waals surface area contributed by atoms with Gasteiger partial charge in [0, 0.05) is 6.42 Å². The van der Waals surface area contributed by atoms with Crippen LogP contribution in [0.5, 0.6) is 5.75 Å². The Balaban J connectivity index is 2.15. The second-order valence-corrected chi connectivity index (χ2v) is 8.26. The highest BCUT2D eigenvalue weighted by Gasteiger charge is 2.28. The van der Waals surface area contributed by atoms with Crippen LogP contribution in [0, 0.1) is 5.92 Å². The van der Waals surface area contributed by atoms with Crippen molar-refractivity contribution in [1.29, 1.82) is 0 Å². The van der Waals surface area contributed by atoms with Crippen molar-refractivity contribution < 1.29 is 24.6 Å². The number of nitrogens with two attached hydrogens (primary N) is 1. The summed E-state index contributed by atoms with van der Waals surface area (Å²) in [5.74, 6) is -2.12. The number of aliphatic carboxylic acids is 1. The Labute approximate surface area is 187 Å². The van der Waals surface area contributed by atoms with Crippen molar-refractivity contribution in [1.82, 2.24) is 10.6 Å². The summed E-state index contributed by atoms with van der Waals surface area (Å²) in [5, 5.41) is 24.1. The highest BCUT2D eigenvalue weighted by atomic mass is 16.4. The number of phenols is 1. The number of aromatic hydroxyl groups is 1. The Morgan fingerprint density at radius 1 is 0.844 bits per heavy atom. The Hall–Kier alpha value is -3.39. The van der Waals surface area contributed by atoms with Gasteiger partial charge in [0.25, 0.3) is 0 Å². The maximum atomic E-state index is 12.9. The summed E-state index contributed by atoms with van der Waals surface area (Å²) < 4.78 is 0. The maximum Gasteiger partial charge on any atom is 0.326 e. The van der Waals surface area contributed by atoms with Gasteiger partial charge in [-0.1, -0.05) is 56.3 Å². The molecule has 8 nitrogen and oxygen atoms in total. The lowest BCUT2D eigenvalue weighted by atomic mass is 10.0. The first-order valence-electron chi connectivity index (χ1n) is 10.6. The smallest absolute Gasteiger partial charge is 0.326 e. The van der Waals surface area contributed by atoms with E-state index in [9.17, 15) is 24.6 Å². The molecule has 2 rings (SSSR count). The predicted octanol–water partition coefficient (Wildman–Crippen LogP) is 1.61. The van der Waals surface area contributed by atoms with Crippen LogP contribution in [0.2, 0.25) is 0 Å². The van der Waals surface area contributed by atoms with Crippen molar-refractivity contribution in [3.8, 4) is 5.75 Å². The molecular weight excluding hydrogens is 410 g/mol. The van der Waals surface area contributed by atoms with E-state index in [0.29, 0.717) is 12.0 Å². The van der Waals surface area contributed by atoms with Crippen LogP contribution in [0.15, 0.2) is 54.6 Å². The topological polar surface area (TPSA) is 142 Å². The summed E-state index contributed by atoms with van der Waals surface area (Å²) in [6.45, 7) is 3.72. The number of carboxylic acid groups (broad SMARTS) is 1. The zero-order valence-corrected chi connectivity index (χ0v) is 18.3. The average molecular weight is 442 g/mol. The van der Waals surface area contributed by atoms with E-state index in [1.165, 1.54) is 12.1 Å². The Kier molecular flexibility index (Phi) is 9.22. The van der Waals surface area contributed by atoms with Gasteiger partial charge in [0.1, 0.15) is 17.8 Å². The van der Waals surface area contributed by atoms with Gasteiger partial charge in [-0.15, -0.1) is 0 Å². The third-order valence-electron chi connectivity index (χ3n) is 4.97. The van der Waals surface area contributed by atoms with Crippen LogP contribution in [0.3, 0.4) is 0 Å². The molecule has 0 spiro atoms. The second kappa shape index (κ2) is 11.9. The molecule has 0 aromatic heterocycles. The molecule has 0 radical (unpaired) electrons. The first-order valence-corrected chi connectivity index (χ1v) is 10.6. The Morgan fingerprint density at radius 3 is 1.97 bits per heavy atom. The first kappa shape index (κ1) is 24.9. The van der Waals surface area contributed by atoms with Crippen LogP contribution >= 0.6 is 0 Å². The van der Waals surface area contributed by atoms with Crippen molar-refractivity contribution in [3.63, 3.8) is 0 Å². The van der Waals surface area contributed by atoms with E-state index in [2.05, 4.69) is 10.6 Å². The molecule has 3 unspecified atom stereocenters. The van der Waals surface area contributed by atoms with Crippen molar-refractivity contribution in [2.24, 2.45) is 11.7 Å². The second-order valence-electron chi connectivity index (χ2n) is 8.26. The van der Waals surface area contributed by atoms with E-state index in [1.54, 1.807) is 12.1 Å². The molecule has 0 aliphatic carbocycles. The van der Waals surface area contributed by atoms with Gasteiger partial charge in [-0.3, -0.25) is 9.59 Å². The molecule has 3 atom stereocenters. The lowest BCUT2D eigenvalue weighted by Crippen LogP contribution is -2.55. The van der Waals surface area contributed by atoms with E-state index in [1.807, 2.05) is 44.2 Å². The predicted molar refractivity (Wildman–Crippen MR) is 121 cm³/mol. The fraction of sp³-hybridized carbons (Fsp3) is 0.375. The normalized spacial score (nSPS) is 13.8. The van der Waals surface area contributed by atoms with Gasteiger partial charge in [0.2, 0.25) is 11.8 Å². The molecule has 0 heterocycles. The summed E-state index contributed by atoms with van der Waals surface area (Å²) in [5.41, 5.74) is 7.63. The minimum Gasteiger partial charge on any atom is -0.508 e. The minimum absolute atomic E-state index is 0.0563. The van der Waals surface area contributed by atoms with Gasteiger partial charge in [-0.05, 0) is 42.0 Å². The molecule has 2 aromatic carbocycles. The molecule has 6 N–H and O–H groups in total. The van der Waals surface area contributed by atoms with Crippen LogP contribution in [-0.4, -0.2) is 46.1 Å². The van der Waals surface area contributed by atoms with Gasteiger partial charge < -0.3 is 26.6 Å². The van der Waals surface area contributed by atoms with E-state index in [-0.39, 0.29) is 24.5 Å². The third kappa shape index (κ3) is 8.03. The van der Waals surface area contributed by atoms with Crippen molar-refractivity contribution in [3.05, 3.63) is 65.7 Å². The molecule has 172 valence electrons. The van der Waals surface area contributed by atoms with Gasteiger partial charge in [-0.2, -0.15) is 0 Å². The molecule has 0 aliphatic heterocycles. The van der Waals surface area contributed by atoms with Crippen LogP contribution in [0.4, 0.5) is 0 Å². The molecule has 0 fully saturated rings. The maximum absolute atomic E-state index is 12.9. The number of hydrogen-bond donors (Lipinski definition) is 5. The first-order chi connectivity index (χ1) is 15.2. The van der Waals surface area contributed by atoms with Crippen molar-refractivity contribution >= 4 is 17.8 Å². The largest absolute Gasteiger partial charge is 0.508 e. The molecule has 2 amide bonds. The summed E-state index contributed by atoms with van der Waals surface area (Å²) in [6, 6.07) is 12.5. The molecule has 0 aliphatic rings. The monoisotopic (exact) mass is 441 g/mol. The number of phenolic OH excluding ortho intramolecular Hbond substituents is 1. The number of amides is 2. The fourth-order valence-corrected chi connectivity index (χ4v) is 3.28. The molecular formula is C24H31N3O5. The fourth-order valence-electron chi connectivity index (χ4n) is 3.28. The summed E-state index contributed by atoms with van der Waals surface area (Å²) in [6.07, 6.45) is 0.670. The summed E-state index contributed by atoms with van der Waals surface area (Å²) in [4.78, 5) is 37.3. The van der Waals surface area contributed by atoms with Gasteiger partial charge >= 0.3 is 5.97 Å². The lowest BCUT2D eigenvalue weighted by Gasteiger charge is -2.24. The molecule has 0 saturated carbocycles. The molecule has 8 heteroatoms. The van der Waals surface area contributed by atoms with Crippen molar-refractivity contribution in [2.75, 3.05) is 0 Å². The quantitative estimate of drug-likeness (QED) is 0.359. The third-order valence-corrected chi connectivity index (χ3v) is 4.97. The van der Waals surface area contributed by atoms with E-state index in [4.69, 9.17) is 5.73 Å². The van der Waals surface area contributed by atoms with Crippen LogP contribution in [0.1, 0.15) is 31.4 Å². The van der Waals surface area contributed by atoms with Crippen molar-refractivity contribution in [2.45, 2.75) is 51.2 Å². The zero-order valence-electron chi connectivity index (χ0n) is 18.3. The average Bonchev–Trinajstić information content (AvgIpc) is 2.74. The van der Waals surface area contributed by atoms with Gasteiger partial charge in [0.15, 0.2) is 0 Å². The van der Waals surface area contributed by atoms with Gasteiger partial charge in [0.05, 0.1) is 6.04 Å². The van der Waals surface area contributed by atoms with Crippen LogP contribution < -0.4 is 16.4 Å². The summed E-state index contributed by atoms with van der Waals surface area (Å²) >= 11 is 0. The number of nitrogens with one attached hydrogen (secondary N) is 2. The molecule has 0 saturated heterocycles. The van der Waals surface area contributed by atoms with E-state index < -0.39 is 35.9 Å². The highest BCUT2D eigenvalue weighted by Crippen LogP contribution is 2.13. The van der Waals surface area contributed by atoms with Crippen LogP contribution in [-0.2, 0) is 27.2 Å². The number of hydrogen-bond acceptors (Lipinski definition) is 5. The standard InChI is InChI=1S/C24H31N3O5/c1-15(2)12-21(24(31)32)27-23(30)20(14-17-8-10-18(28)11-9-17)26-22(29)19(25)13-16-6-4-3-5-7-16/h3-11,15,19-21,28H,12-14,25H2,1-2H3,(H,26,29)(H,27,30)(H,31,32). The Morgan fingerprint density at radius 2 is 1.41 bits per heavy atom. The number of carbonyl (C=O) groups is 3. The number of carboxylic acids is 1. The van der Waals surface area contributed by atoms with E-state index in [0.717, 1.165) is 5.56 Å². The minimum atomic E-state index is -1.14. The van der Waals surface area contributed by atoms with E-state index >= 15 is 0 Å². The SMILES string of the molecule is CC(C)CC(NC(=O)C(Cc1ccc(O)cc1)NC(=O)C(N)Cc1ccccc1)C(=O)O. The van der Waals surface area contributed by atoms with Crippen LogP contribution in [0.25, 0.3) is 0 Å². The number of rotatable bonds is 11. The van der Waals surface area contributed by atoms with Gasteiger partial charge in [-0.25, -0.2) is 4.79 Å². The Bertz CT molecular complexity index is 900. The lowest BCUT2D eigenvalue weighted by molar-refractivity contribution is -0.142. The zero-order chi connectivity index (χ0) is 23.7. The summed E-state index contributed by atoms with van der Waals surface area (Å²) in [7, 11) is 0. The molecule has 32 heavy (non-hydrogen) atoms. The molecule has 2 aromatic rings. The molecule has 0 bridgehead atoms.